The predicted molar refractivity (Wildman–Crippen MR) is 106 cm³/mol. The highest BCUT2D eigenvalue weighted by Gasteiger charge is 2.31. The van der Waals surface area contributed by atoms with E-state index < -0.39 is 11.6 Å². The maximum atomic E-state index is 10.8. The number of carboxylic acid groups (broad SMARTS) is 1. The van der Waals surface area contributed by atoms with Gasteiger partial charge in [-0.3, -0.25) is 4.79 Å². The van der Waals surface area contributed by atoms with E-state index in [1.807, 2.05) is 6.92 Å². The highest BCUT2D eigenvalue weighted by atomic mass is 16.4. The lowest BCUT2D eigenvalue weighted by molar-refractivity contribution is -0.137. The van der Waals surface area contributed by atoms with Gasteiger partial charge in [0.15, 0.2) is 0 Å². The minimum atomic E-state index is -0.721. The van der Waals surface area contributed by atoms with Crippen molar-refractivity contribution in [2.45, 2.75) is 110 Å². The van der Waals surface area contributed by atoms with Gasteiger partial charge in [-0.1, -0.05) is 57.6 Å². The fraction of sp³-hybridized carbons (Fsp3) is 0.864. The molecule has 0 saturated heterocycles. The van der Waals surface area contributed by atoms with E-state index in [9.17, 15) is 15.0 Å². The van der Waals surface area contributed by atoms with Crippen molar-refractivity contribution >= 4 is 5.97 Å². The van der Waals surface area contributed by atoms with Crippen LogP contribution in [0.1, 0.15) is 97.8 Å². The first-order valence-electron chi connectivity index (χ1n) is 10.6. The first-order chi connectivity index (χ1) is 12.3. The molecule has 26 heavy (non-hydrogen) atoms. The molecule has 1 aliphatic carbocycles. The molecule has 1 saturated carbocycles. The molecule has 0 radical (unpaired) electrons. The third kappa shape index (κ3) is 8.22. The molecule has 152 valence electrons. The van der Waals surface area contributed by atoms with Gasteiger partial charge in [-0.15, -0.1) is 0 Å². The highest BCUT2D eigenvalue weighted by molar-refractivity contribution is 5.66. The fourth-order valence-electron chi connectivity index (χ4n) is 3.93. The van der Waals surface area contributed by atoms with Crippen LogP contribution < -0.4 is 0 Å². The fourth-order valence-corrected chi connectivity index (χ4v) is 3.93. The molecule has 0 aromatic rings. The normalized spacial score (nSPS) is 25.3. The van der Waals surface area contributed by atoms with Gasteiger partial charge in [0.25, 0.3) is 0 Å². The number of aliphatic hydroxyl groups excluding tert-OH is 1. The molecule has 0 aliphatic heterocycles. The zero-order valence-electron chi connectivity index (χ0n) is 17.0. The van der Waals surface area contributed by atoms with Crippen molar-refractivity contribution in [3.63, 3.8) is 0 Å². The predicted octanol–water partition coefficient (Wildman–Crippen LogP) is 5.08. The molecular formula is C22H40O4. The SMILES string of the molecule is CCCCC(C)C(C)(O)CC=C1CC[C@@H](O)[C@@H]1CCCCCCC(=O)O. The lowest BCUT2D eigenvalue weighted by Gasteiger charge is -2.30. The molecule has 4 heteroatoms. The van der Waals surface area contributed by atoms with Gasteiger partial charge in [-0.05, 0) is 51.4 Å². The highest BCUT2D eigenvalue weighted by Crippen LogP contribution is 2.37. The maximum Gasteiger partial charge on any atom is 0.303 e. The molecular weight excluding hydrogens is 328 g/mol. The van der Waals surface area contributed by atoms with Crippen molar-refractivity contribution in [1.82, 2.24) is 0 Å². The number of rotatable bonds is 13. The van der Waals surface area contributed by atoms with Crippen LogP contribution in [0.4, 0.5) is 0 Å². The largest absolute Gasteiger partial charge is 0.481 e. The van der Waals surface area contributed by atoms with Gasteiger partial charge in [0.05, 0.1) is 11.7 Å². The summed E-state index contributed by atoms with van der Waals surface area (Å²) >= 11 is 0. The van der Waals surface area contributed by atoms with Crippen LogP contribution in [0, 0.1) is 11.8 Å². The average Bonchev–Trinajstić information content (AvgIpc) is 2.93. The van der Waals surface area contributed by atoms with Crippen molar-refractivity contribution in [1.29, 1.82) is 0 Å². The quantitative estimate of drug-likeness (QED) is 0.313. The Kier molecular flexibility index (Phi) is 10.5. The standard InChI is InChI=1S/C22H40O4/c1-4-5-10-17(2)22(3,26)16-15-18-13-14-20(23)19(18)11-8-6-7-9-12-21(24)25/h15,17,19-20,23,26H,4-14,16H2,1-3H3,(H,24,25)/t17?,19-,20-,22?/m1/s1. The number of aliphatic hydroxyl groups is 2. The van der Waals surface area contributed by atoms with Gasteiger partial charge in [0, 0.05) is 12.3 Å². The van der Waals surface area contributed by atoms with Crippen LogP contribution in [0.15, 0.2) is 11.6 Å². The third-order valence-electron chi connectivity index (χ3n) is 6.16. The third-order valence-corrected chi connectivity index (χ3v) is 6.16. The van der Waals surface area contributed by atoms with Crippen LogP contribution in [0.2, 0.25) is 0 Å². The Bertz CT molecular complexity index is 441. The summed E-state index contributed by atoms with van der Waals surface area (Å²) in [6, 6.07) is 0. The van der Waals surface area contributed by atoms with Crippen molar-refractivity contribution < 1.29 is 20.1 Å². The van der Waals surface area contributed by atoms with E-state index in [4.69, 9.17) is 5.11 Å². The molecule has 1 aliphatic rings. The van der Waals surface area contributed by atoms with Gasteiger partial charge < -0.3 is 15.3 Å². The first-order valence-corrected chi connectivity index (χ1v) is 10.6. The Hall–Kier alpha value is -0.870. The second-order valence-corrected chi connectivity index (χ2v) is 8.44. The van der Waals surface area contributed by atoms with Gasteiger partial charge in [0.1, 0.15) is 0 Å². The minimum Gasteiger partial charge on any atom is -0.481 e. The van der Waals surface area contributed by atoms with E-state index in [1.54, 1.807) is 0 Å². The number of aliphatic carboxylic acids is 1. The average molecular weight is 369 g/mol. The van der Waals surface area contributed by atoms with E-state index in [2.05, 4.69) is 19.9 Å². The second kappa shape index (κ2) is 11.8. The monoisotopic (exact) mass is 368 g/mol. The second-order valence-electron chi connectivity index (χ2n) is 8.44. The molecule has 1 fully saturated rings. The molecule has 0 bridgehead atoms. The molecule has 0 aromatic heterocycles. The topological polar surface area (TPSA) is 77.8 Å². The molecule has 4 atom stereocenters. The van der Waals surface area contributed by atoms with E-state index >= 15 is 0 Å². The summed E-state index contributed by atoms with van der Waals surface area (Å²) in [5.74, 6) is -0.226. The van der Waals surface area contributed by atoms with Crippen LogP contribution >= 0.6 is 0 Å². The maximum absolute atomic E-state index is 10.8. The number of carbonyl (C=O) groups is 1. The molecule has 0 spiro atoms. The molecule has 3 N–H and O–H groups in total. The summed E-state index contributed by atoms with van der Waals surface area (Å²) in [4.78, 5) is 10.5. The lowest BCUT2D eigenvalue weighted by atomic mass is 9.83. The summed E-state index contributed by atoms with van der Waals surface area (Å²) in [6.45, 7) is 6.25. The Morgan fingerprint density at radius 2 is 1.96 bits per heavy atom. The van der Waals surface area contributed by atoms with Crippen molar-refractivity contribution in [2.75, 3.05) is 0 Å². The van der Waals surface area contributed by atoms with Gasteiger partial charge in [-0.2, -0.15) is 0 Å². The van der Waals surface area contributed by atoms with Crippen LogP contribution in [0.3, 0.4) is 0 Å². The van der Waals surface area contributed by atoms with Crippen LogP contribution in [0.5, 0.6) is 0 Å². The van der Waals surface area contributed by atoms with Gasteiger partial charge in [0.2, 0.25) is 0 Å². The molecule has 0 heterocycles. The minimum absolute atomic E-state index is 0.219. The Morgan fingerprint density at radius 3 is 2.62 bits per heavy atom. The number of hydrogen-bond acceptors (Lipinski definition) is 3. The number of carboxylic acids is 1. The number of hydrogen-bond donors (Lipinski definition) is 3. The van der Waals surface area contributed by atoms with E-state index in [1.165, 1.54) is 5.57 Å². The molecule has 4 nitrogen and oxygen atoms in total. The van der Waals surface area contributed by atoms with Crippen LogP contribution in [-0.2, 0) is 4.79 Å². The molecule has 1 rings (SSSR count). The zero-order chi connectivity index (χ0) is 19.6. The summed E-state index contributed by atoms with van der Waals surface area (Å²) in [5.41, 5.74) is 0.628. The first kappa shape index (κ1) is 23.2. The summed E-state index contributed by atoms with van der Waals surface area (Å²) in [6.07, 6.45) is 12.7. The summed E-state index contributed by atoms with van der Waals surface area (Å²) < 4.78 is 0. The van der Waals surface area contributed by atoms with E-state index in [0.717, 1.165) is 64.2 Å². The van der Waals surface area contributed by atoms with Crippen molar-refractivity contribution in [3.8, 4) is 0 Å². The molecule has 0 amide bonds. The van der Waals surface area contributed by atoms with Crippen molar-refractivity contribution in [3.05, 3.63) is 11.6 Å². The van der Waals surface area contributed by atoms with E-state index in [0.29, 0.717) is 6.42 Å². The smallest absolute Gasteiger partial charge is 0.303 e. The zero-order valence-corrected chi connectivity index (χ0v) is 17.0. The van der Waals surface area contributed by atoms with E-state index in [-0.39, 0.29) is 24.4 Å². The summed E-state index contributed by atoms with van der Waals surface area (Å²) in [7, 11) is 0. The Balaban J connectivity index is 2.45. The van der Waals surface area contributed by atoms with Crippen molar-refractivity contribution in [2.24, 2.45) is 11.8 Å². The lowest BCUT2D eigenvalue weighted by Crippen LogP contribution is -2.32. The molecule has 2 unspecified atom stereocenters. The molecule has 0 aromatic carbocycles. The van der Waals surface area contributed by atoms with Crippen LogP contribution in [-0.4, -0.2) is 33.0 Å². The van der Waals surface area contributed by atoms with Gasteiger partial charge >= 0.3 is 5.97 Å². The van der Waals surface area contributed by atoms with Gasteiger partial charge in [-0.25, -0.2) is 0 Å². The Labute approximate surface area is 159 Å². The van der Waals surface area contributed by atoms with Crippen LogP contribution in [0.25, 0.3) is 0 Å². The number of unbranched alkanes of at least 4 members (excludes halogenated alkanes) is 4. The Morgan fingerprint density at radius 1 is 1.27 bits per heavy atom. The summed E-state index contributed by atoms with van der Waals surface area (Å²) in [5, 5.41) is 29.8.